The van der Waals surface area contributed by atoms with Gasteiger partial charge in [0.15, 0.2) is 0 Å². The van der Waals surface area contributed by atoms with Crippen molar-refractivity contribution in [2.45, 2.75) is 32.7 Å². The van der Waals surface area contributed by atoms with Gasteiger partial charge in [0.25, 0.3) is 0 Å². The number of nitrogens with one attached hydrogen (secondary N) is 1. The second-order valence-electron chi connectivity index (χ2n) is 5.31. The molecule has 20 heavy (non-hydrogen) atoms. The topological polar surface area (TPSA) is 21.3 Å². The van der Waals surface area contributed by atoms with Gasteiger partial charge in [-0.15, -0.1) is 0 Å². The summed E-state index contributed by atoms with van der Waals surface area (Å²) in [5.74, 6) is 1.87. The largest absolute Gasteiger partial charge is 0.457 e. The molecular formula is C18H21NO. The monoisotopic (exact) mass is 267 g/mol. The lowest BCUT2D eigenvalue weighted by molar-refractivity contribution is 0.481. The molecule has 0 heterocycles. The molecule has 2 heteroatoms. The molecule has 0 saturated carbocycles. The van der Waals surface area contributed by atoms with Crippen LogP contribution >= 0.6 is 0 Å². The lowest BCUT2D eigenvalue weighted by atomic mass is 10.1. The maximum absolute atomic E-state index is 6.00. The van der Waals surface area contributed by atoms with Crippen molar-refractivity contribution in [2.24, 2.45) is 0 Å². The van der Waals surface area contributed by atoms with E-state index in [1.165, 1.54) is 36.0 Å². The summed E-state index contributed by atoms with van der Waals surface area (Å²) in [6.45, 7) is 3.98. The van der Waals surface area contributed by atoms with Crippen molar-refractivity contribution in [3.8, 4) is 11.5 Å². The van der Waals surface area contributed by atoms with E-state index < -0.39 is 0 Å². The van der Waals surface area contributed by atoms with Gasteiger partial charge in [-0.1, -0.05) is 25.1 Å². The predicted molar refractivity (Wildman–Crippen MR) is 82.4 cm³/mol. The molecule has 0 unspecified atom stereocenters. The van der Waals surface area contributed by atoms with Crippen molar-refractivity contribution < 1.29 is 4.74 Å². The van der Waals surface area contributed by atoms with Gasteiger partial charge in [-0.05, 0) is 66.8 Å². The SMILES string of the molecule is CCNCc1cccc(Oc2ccc3c(c2)CCC3)c1. The van der Waals surface area contributed by atoms with Gasteiger partial charge in [0.1, 0.15) is 11.5 Å². The normalized spacial score (nSPS) is 13.2. The average Bonchev–Trinajstić information content (AvgIpc) is 2.93. The summed E-state index contributed by atoms with van der Waals surface area (Å²) in [6, 6.07) is 14.8. The Hall–Kier alpha value is -1.80. The Balaban J connectivity index is 1.74. The quantitative estimate of drug-likeness (QED) is 0.881. The highest BCUT2D eigenvalue weighted by Gasteiger charge is 2.11. The molecule has 0 aromatic heterocycles. The number of hydrogen-bond acceptors (Lipinski definition) is 2. The number of aryl methyl sites for hydroxylation is 2. The highest BCUT2D eigenvalue weighted by molar-refractivity contribution is 5.41. The fourth-order valence-electron chi connectivity index (χ4n) is 2.74. The Morgan fingerprint density at radius 3 is 2.75 bits per heavy atom. The highest BCUT2D eigenvalue weighted by atomic mass is 16.5. The van der Waals surface area contributed by atoms with Crippen LogP contribution in [0.25, 0.3) is 0 Å². The Bertz CT molecular complexity index is 592. The Morgan fingerprint density at radius 2 is 1.85 bits per heavy atom. The van der Waals surface area contributed by atoms with E-state index in [0.717, 1.165) is 24.6 Å². The van der Waals surface area contributed by atoms with E-state index in [1.807, 2.05) is 6.07 Å². The maximum atomic E-state index is 6.00. The molecule has 0 amide bonds. The molecule has 0 bridgehead atoms. The molecule has 0 radical (unpaired) electrons. The molecule has 1 aliphatic carbocycles. The molecule has 2 aromatic carbocycles. The van der Waals surface area contributed by atoms with Gasteiger partial charge < -0.3 is 10.1 Å². The maximum Gasteiger partial charge on any atom is 0.127 e. The van der Waals surface area contributed by atoms with Crippen molar-refractivity contribution in [1.29, 1.82) is 0 Å². The summed E-state index contributed by atoms with van der Waals surface area (Å²) >= 11 is 0. The summed E-state index contributed by atoms with van der Waals surface area (Å²) in [5.41, 5.74) is 4.19. The van der Waals surface area contributed by atoms with Crippen LogP contribution in [-0.4, -0.2) is 6.54 Å². The number of hydrogen-bond donors (Lipinski definition) is 1. The van der Waals surface area contributed by atoms with Crippen LogP contribution in [0.15, 0.2) is 42.5 Å². The third-order valence-corrected chi connectivity index (χ3v) is 3.78. The molecule has 0 aliphatic heterocycles. The lowest BCUT2D eigenvalue weighted by Crippen LogP contribution is -2.11. The van der Waals surface area contributed by atoms with Gasteiger partial charge in [0.05, 0.1) is 0 Å². The summed E-state index contributed by atoms with van der Waals surface area (Å²) in [4.78, 5) is 0. The first kappa shape index (κ1) is 13.2. The van der Waals surface area contributed by atoms with E-state index in [9.17, 15) is 0 Å². The van der Waals surface area contributed by atoms with E-state index in [0.29, 0.717) is 0 Å². The van der Waals surface area contributed by atoms with Gasteiger partial charge in [-0.2, -0.15) is 0 Å². The standard InChI is InChI=1S/C18H21NO/c1-2-19-13-14-5-3-8-17(11-14)20-18-10-9-15-6-4-7-16(15)12-18/h3,5,8-12,19H,2,4,6-7,13H2,1H3. The van der Waals surface area contributed by atoms with Crippen LogP contribution < -0.4 is 10.1 Å². The molecule has 0 atom stereocenters. The minimum atomic E-state index is 0.887. The van der Waals surface area contributed by atoms with Gasteiger partial charge in [0.2, 0.25) is 0 Å². The minimum Gasteiger partial charge on any atom is -0.457 e. The molecule has 0 spiro atoms. The number of rotatable bonds is 5. The van der Waals surface area contributed by atoms with Crippen LogP contribution in [0.1, 0.15) is 30.0 Å². The minimum absolute atomic E-state index is 0.887. The van der Waals surface area contributed by atoms with Crippen molar-refractivity contribution in [3.05, 3.63) is 59.2 Å². The smallest absolute Gasteiger partial charge is 0.127 e. The van der Waals surface area contributed by atoms with Crippen LogP contribution in [0, 0.1) is 0 Å². The molecule has 1 N–H and O–H groups in total. The Kier molecular flexibility index (Phi) is 4.03. The first-order valence-corrected chi connectivity index (χ1v) is 7.44. The highest BCUT2D eigenvalue weighted by Crippen LogP contribution is 2.29. The van der Waals surface area contributed by atoms with E-state index in [4.69, 9.17) is 4.74 Å². The van der Waals surface area contributed by atoms with E-state index >= 15 is 0 Å². The number of fused-ring (bicyclic) bond motifs is 1. The van der Waals surface area contributed by atoms with Crippen LogP contribution in [-0.2, 0) is 19.4 Å². The molecule has 2 aromatic rings. The van der Waals surface area contributed by atoms with Gasteiger partial charge in [-0.3, -0.25) is 0 Å². The van der Waals surface area contributed by atoms with Crippen LogP contribution in [0.3, 0.4) is 0 Å². The zero-order valence-corrected chi connectivity index (χ0v) is 12.0. The molecule has 0 saturated heterocycles. The first-order valence-electron chi connectivity index (χ1n) is 7.44. The summed E-state index contributed by atoms with van der Waals surface area (Å²) in [7, 11) is 0. The molecule has 3 rings (SSSR count). The summed E-state index contributed by atoms with van der Waals surface area (Å²) in [5, 5.41) is 3.33. The third-order valence-electron chi connectivity index (χ3n) is 3.78. The van der Waals surface area contributed by atoms with Crippen molar-refractivity contribution in [1.82, 2.24) is 5.32 Å². The Labute approximate surface area is 120 Å². The average molecular weight is 267 g/mol. The zero-order chi connectivity index (χ0) is 13.8. The Morgan fingerprint density at radius 1 is 1.00 bits per heavy atom. The summed E-state index contributed by atoms with van der Waals surface area (Å²) < 4.78 is 6.00. The molecule has 104 valence electrons. The molecule has 1 aliphatic rings. The second kappa shape index (κ2) is 6.10. The van der Waals surface area contributed by atoms with Crippen LogP contribution in [0.4, 0.5) is 0 Å². The zero-order valence-electron chi connectivity index (χ0n) is 12.0. The second-order valence-corrected chi connectivity index (χ2v) is 5.31. The summed E-state index contributed by atoms with van der Waals surface area (Å²) in [6.07, 6.45) is 3.68. The van der Waals surface area contributed by atoms with Crippen LogP contribution in [0.5, 0.6) is 11.5 Å². The van der Waals surface area contributed by atoms with Crippen molar-refractivity contribution >= 4 is 0 Å². The van der Waals surface area contributed by atoms with E-state index in [1.54, 1.807) is 0 Å². The number of ether oxygens (including phenoxy) is 1. The predicted octanol–water partition coefficient (Wildman–Crippen LogP) is 4.08. The molecule has 0 fully saturated rings. The van der Waals surface area contributed by atoms with Crippen molar-refractivity contribution in [2.75, 3.05) is 6.54 Å². The fraction of sp³-hybridized carbons (Fsp3) is 0.333. The molecular weight excluding hydrogens is 246 g/mol. The third kappa shape index (κ3) is 3.02. The first-order chi connectivity index (χ1) is 9.85. The molecule has 2 nitrogen and oxygen atoms in total. The van der Waals surface area contributed by atoms with Gasteiger partial charge in [-0.25, -0.2) is 0 Å². The van der Waals surface area contributed by atoms with Gasteiger partial charge >= 0.3 is 0 Å². The van der Waals surface area contributed by atoms with Gasteiger partial charge in [0, 0.05) is 6.54 Å². The fourth-order valence-corrected chi connectivity index (χ4v) is 2.74. The number of benzene rings is 2. The van der Waals surface area contributed by atoms with Crippen LogP contribution in [0.2, 0.25) is 0 Å². The van der Waals surface area contributed by atoms with E-state index in [2.05, 4.69) is 48.6 Å². The van der Waals surface area contributed by atoms with E-state index in [-0.39, 0.29) is 0 Å². The van der Waals surface area contributed by atoms with Crippen molar-refractivity contribution in [3.63, 3.8) is 0 Å². The lowest BCUT2D eigenvalue weighted by Gasteiger charge is -2.09.